The van der Waals surface area contributed by atoms with Gasteiger partial charge in [-0.15, -0.1) is 0 Å². The van der Waals surface area contributed by atoms with Crippen LogP contribution in [-0.4, -0.2) is 29.1 Å². The third-order valence-corrected chi connectivity index (χ3v) is 4.40. The molecule has 1 aliphatic carbocycles. The molecule has 0 radical (unpaired) electrons. The molecule has 0 unspecified atom stereocenters. The number of amides is 1. The maximum absolute atomic E-state index is 12.4. The number of rotatable bonds is 6. The van der Waals surface area contributed by atoms with Crippen molar-refractivity contribution in [1.29, 1.82) is 0 Å². The van der Waals surface area contributed by atoms with E-state index in [-0.39, 0.29) is 5.91 Å². The average molecular weight is 256 g/mol. The van der Waals surface area contributed by atoms with Gasteiger partial charge in [0.15, 0.2) is 0 Å². The molecule has 5 heteroatoms. The largest absolute Gasteiger partial charge is 0.480 e. The molecule has 1 aliphatic rings. The summed E-state index contributed by atoms with van der Waals surface area (Å²) in [7, 11) is 0. The summed E-state index contributed by atoms with van der Waals surface area (Å²) in [5.41, 5.74) is 4.04. The summed E-state index contributed by atoms with van der Waals surface area (Å²) in [6.07, 6.45) is 4.26. The van der Waals surface area contributed by atoms with Gasteiger partial charge >= 0.3 is 5.97 Å². The van der Waals surface area contributed by atoms with Gasteiger partial charge in [-0.25, -0.2) is 4.79 Å². The van der Waals surface area contributed by atoms with Gasteiger partial charge in [0.1, 0.15) is 5.54 Å². The molecule has 1 fully saturated rings. The molecular weight excluding hydrogens is 232 g/mol. The van der Waals surface area contributed by atoms with Crippen LogP contribution in [0.1, 0.15) is 52.4 Å². The molecule has 0 bridgehead atoms. The Hall–Kier alpha value is -1.10. The second kappa shape index (κ2) is 5.69. The molecule has 18 heavy (non-hydrogen) atoms. The number of carboxylic acids is 1. The van der Waals surface area contributed by atoms with E-state index in [1.807, 2.05) is 0 Å². The minimum atomic E-state index is -1.15. The van der Waals surface area contributed by atoms with Crippen LogP contribution in [-0.2, 0) is 9.59 Å². The lowest BCUT2D eigenvalue weighted by Crippen LogP contribution is -2.58. The summed E-state index contributed by atoms with van der Waals surface area (Å²) in [6.45, 7) is 3.85. The first-order valence-corrected chi connectivity index (χ1v) is 6.72. The summed E-state index contributed by atoms with van der Waals surface area (Å²) in [5.74, 6) is -1.15. The Balaban J connectivity index is 2.87. The van der Waals surface area contributed by atoms with Crippen molar-refractivity contribution in [3.63, 3.8) is 0 Å². The van der Waals surface area contributed by atoms with Crippen molar-refractivity contribution < 1.29 is 14.7 Å². The van der Waals surface area contributed by atoms with Crippen LogP contribution in [0.5, 0.6) is 0 Å². The molecule has 1 saturated carbocycles. The van der Waals surface area contributed by atoms with E-state index >= 15 is 0 Å². The smallest absolute Gasteiger partial charge is 0.329 e. The Kier molecular flexibility index (Phi) is 4.73. The third kappa shape index (κ3) is 2.51. The zero-order chi connectivity index (χ0) is 13.8. The van der Waals surface area contributed by atoms with Crippen molar-refractivity contribution in [3.8, 4) is 0 Å². The van der Waals surface area contributed by atoms with Crippen molar-refractivity contribution in [2.24, 2.45) is 11.1 Å². The van der Waals surface area contributed by atoms with Crippen molar-refractivity contribution in [2.75, 3.05) is 6.54 Å². The zero-order valence-electron chi connectivity index (χ0n) is 11.3. The molecule has 1 rings (SSSR count). The number of hydrogen-bond donors (Lipinski definition) is 3. The lowest BCUT2D eigenvalue weighted by Gasteiger charge is -2.34. The standard InChI is InChI=1S/C13H24N2O3/c1-3-13(4-2,11(17)18)15-10(16)12(9-14)7-5-6-8-12/h3-9,14H2,1-2H3,(H,15,16)(H,17,18). The molecule has 0 aromatic rings. The van der Waals surface area contributed by atoms with Gasteiger partial charge in [0.05, 0.1) is 5.41 Å². The summed E-state index contributed by atoms with van der Waals surface area (Å²) in [6, 6.07) is 0. The topological polar surface area (TPSA) is 92.4 Å². The summed E-state index contributed by atoms with van der Waals surface area (Å²) >= 11 is 0. The van der Waals surface area contributed by atoms with E-state index in [2.05, 4.69) is 5.32 Å². The van der Waals surface area contributed by atoms with Crippen LogP contribution >= 0.6 is 0 Å². The molecule has 0 spiro atoms. The first-order valence-electron chi connectivity index (χ1n) is 6.72. The number of carboxylic acid groups (broad SMARTS) is 1. The Morgan fingerprint density at radius 2 is 1.78 bits per heavy atom. The van der Waals surface area contributed by atoms with Crippen LogP contribution in [0.2, 0.25) is 0 Å². The zero-order valence-corrected chi connectivity index (χ0v) is 11.3. The first kappa shape index (κ1) is 15.0. The molecule has 1 amide bonds. The van der Waals surface area contributed by atoms with Crippen LogP contribution in [0.4, 0.5) is 0 Å². The van der Waals surface area contributed by atoms with Crippen molar-refractivity contribution in [1.82, 2.24) is 5.32 Å². The Morgan fingerprint density at radius 1 is 1.28 bits per heavy atom. The second-order valence-corrected chi connectivity index (χ2v) is 5.24. The maximum atomic E-state index is 12.4. The Bertz CT molecular complexity index is 318. The van der Waals surface area contributed by atoms with E-state index in [0.29, 0.717) is 19.4 Å². The van der Waals surface area contributed by atoms with Gasteiger partial charge in [0, 0.05) is 6.54 Å². The number of hydrogen-bond acceptors (Lipinski definition) is 3. The molecule has 0 heterocycles. The van der Waals surface area contributed by atoms with E-state index in [0.717, 1.165) is 25.7 Å². The van der Waals surface area contributed by atoms with Gasteiger partial charge in [-0.05, 0) is 25.7 Å². The summed E-state index contributed by atoms with van der Waals surface area (Å²) in [4.78, 5) is 23.8. The molecule has 0 aliphatic heterocycles. The van der Waals surface area contributed by atoms with E-state index in [4.69, 9.17) is 5.73 Å². The predicted molar refractivity (Wildman–Crippen MR) is 69.0 cm³/mol. The molecule has 0 aromatic heterocycles. The highest BCUT2D eigenvalue weighted by Gasteiger charge is 2.45. The highest BCUT2D eigenvalue weighted by molar-refractivity contribution is 5.90. The van der Waals surface area contributed by atoms with Gasteiger partial charge in [0.2, 0.25) is 5.91 Å². The fourth-order valence-electron chi connectivity index (χ4n) is 2.71. The van der Waals surface area contributed by atoms with Crippen LogP contribution in [0.3, 0.4) is 0 Å². The monoisotopic (exact) mass is 256 g/mol. The minimum absolute atomic E-state index is 0.186. The Morgan fingerprint density at radius 3 is 2.11 bits per heavy atom. The molecular formula is C13H24N2O3. The molecule has 104 valence electrons. The SMILES string of the molecule is CCC(CC)(NC(=O)C1(CN)CCCC1)C(=O)O. The quantitative estimate of drug-likeness (QED) is 0.667. The van der Waals surface area contributed by atoms with Crippen LogP contribution in [0.25, 0.3) is 0 Å². The van der Waals surface area contributed by atoms with Gasteiger partial charge in [0.25, 0.3) is 0 Å². The average Bonchev–Trinajstić information content (AvgIpc) is 2.85. The van der Waals surface area contributed by atoms with Crippen molar-refractivity contribution >= 4 is 11.9 Å². The highest BCUT2D eigenvalue weighted by Crippen LogP contribution is 2.38. The van der Waals surface area contributed by atoms with E-state index in [9.17, 15) is 14.7 Å². The number of nitrogens with two attached hydrogens (primary N) is 1. The lowest BCUT2D eigenvalue weighted by atomic mass is 9.83. The van der Waals surface area contributed by atoms with Crippen LogP contribution < -0.4 is 11.1 Å². The Labute approximate surface area is 108 Å². The maximum Gasteiger partial charge on any atom is 0.329 e. The predicted octanol–water partition coefficient (Wildman–Crippen LogP) is 1.27. The number of carbonyl (C=O) groups excluding carboxylic acids is 1. The van der Waals surface area contributed by atoms with E-state index in [1.165, 1.54) is 0 Å². The molecule has 4 N–H and O–H groups in total. The highest BCUT2D eigenvalue weighted by atomic mass is 16.4. The molecule has 5 nitrogen and oxygen atoms in total. The van der Waals surface area contributed by atoms with Crippen LogP contribution in [0, 0.1) is 5.41 Å². The first-order chi connectivity index (χ1) is 8.46. The van der Waals surface area contributed by atoms with E-state index in [1.54, 1.807) is 13.8 Å². The lowest BCUT2D eigenvalue weighted by molar-refractivity contribution is -0.150. The van der Waals surface area contributed by atoms with Crippen molar-refractivity contribution in [2.45, 2.75) is 57.9 Å². The molecule has 0 aromatic carbocycles. The van der Waals surface area contributed by atoms with Gasteiger partial charge in [-0.2, -0.15) is 0 Å². The second-order valence-electron chi connectivity index (χ2n) is 5.24. The molecule has 0 atom stereocenters. The van der Waals surface area contributed by atoms with Crippen molar-refractivity contribution in [3.05, 3.63) is 0 Å². The van der Waals surface area contributed by atoms with Gasteiger partial charge in [-0.3, -0.25) is 4.79 Å². The van der Waals surface area contributed by atoms with Gasteiger partial charge in [-0.1, -0.05) is 26.7 Å². The summed E-state index contributed by atoms with van der Waals surface area (Å²) < 4.78 is 0. The fourth-order valence-corrected chi connectivity index (χ4v) is 2.71. The van der Waals surface area contributed by atoms with Gasteiger partial charge < -0.3 is 16.2 Å². The number of aliphatic carboxylic acids is 1. The summed E-state index contributed by atoms with van der Waals surface area (Å²) in [5, 5.41) is 12.1. The fraction of sp³-hybridized carbons (Fsp3) is 0.846. The van der Waals surface area contributed by atoms with E-state index < -0.39 is 16.9 Å². The molecule has 0 saturated heterocycles. The normalized spacial score (nSPS) is 18.6. The third-order valence-electron chi connectivity index (χ3n) is 4.40. The number of carbonyl (C=O) groups is 2. The number of nitrogens with one attached hydrogen (secondary N) is 1. The van der Waals surface area contributed by atoms with Crippen LogP contribution in [0.15, 0.2) is 0 Å². The minimum Gasteiger partial charge on any atom is -0.480 e.